The normalized spacial score (nSPS) is 25.6. The van der Waals surface area contributed by atoms with Gasteiger partial charge in [0.05, 0.1) is 0 Å². The van der Waals surface area contributed by atoms with Gasteiger partial charge in [0.15, 0.2) is 17.2 Å². The Morgan fingerprint density at radius 2 is 1.88 bits per heavy atom. The number of anilines is 1. The van der Waals surface area contributed by atoms with E-state index in [1.807, 2.05) is 0 Å². The topological polar surface area (TPSA) is 94.3 Å². The number of halogens is 5. The molecule has 1 fully saturated rings. The number of pyridine rings is 1. The quantitative estimate of drug-likeness (QED) is 0.682. The van der Waals surface area contributed by atoms with Crippen molar-refractivity contribution in [2.45, 2.75) is 44.6 Å². The smallest absolute Gasteiger partial charge is 0.364 e. The Hall–Kier alpha value is -3.08. The van der Waals surface area contributed by atoms with Crippen LogP contribution in [-0.2, 0) is 9.53 Å². The molecule has 1 aromatic heterocycles. The van der Waals surface area contributed by atoms with Crippen molar-refractivity contribution in [2.75, 3.05) is 5.32 Å². The van der Waals surface area contributed by atoms with Crippen LogP contribution < -0.4 is 11.1 Å². The third-order valence-electron chi connectivity index (χ3n) is 5.95. The van der Waals surface area contributed by atoms with Crippen molar-refractivity contribution in [3.63, 3.8) is 0 Å². The molecule has 32 heavy (non-hydrogen) atoms. The first-order valence-electron chi connectivity index (χ1n) is 9.53. The standard InChI is InChI=1S/C21H20F5N3O3/c1-9-12(4-5-13(22)16(9)23)15-10(2)20(3,21(24,25)26)32-17(15)19(31)29-11-6-7-28-14(8-11)18(27)30/h4-8,10,15,17H,1-3H3,(H2,27,30)(H,28,29,31)/t10-,15-,17+,20+/m0/s1. The summed E-state index contributed by atoms with van der Waals surface area (Å²) >= 11 is 0. The first kappa shape index (κ1) is 23.6. The Kier molecular flexibility index (Phi) is 5.98. The van der Waals surface area contributed by atoms with Gasteiger partial charge in [-0.05, 0) is 43.2 Å². The first-order valence-corrected chi connectivity index (χ1v) is 9.53. The second-order valence-electron chi connectivity index (χ2n) is 7.82. The van der Waals surface area contributed by atoms with Gasteiger partial charge >= 0.3 is 6.18 Å². The van der Waals surface area contributed by atoms with Gasteiger partial charge in [-0.15, -0.1) is 0 Å². The van der Waals surface area contributed by atoms with Gasteiger partial charge in [-0.25, -0.2) is 8.78 Å². The molecular formula is C21H20F5N3O3. The van der Waals surface area contributed by atoms with E-state index in [0.717, 1.165) is 25.1 Å². The van der Waals surface area contributed by atoms with Crippen LogP contribution in [0.4, 0.5) is 27.6 Å². The van der Waals surface area contributed by atoms with Crippen molar-refractivity contribution in [1.29, 1.82) is 0 Å². The van der Waals surface area contributed by atoms with Crippen LogP contribution in [0.15, 0.2) is 30.5 Å². The first-order chi connectivity index (χ1) is 14.8. The molecular weight excluding hydrogens is 437 g/mol. The van der Waals surface area contributed by atoms with Crippen LogP contribution in [0.3, 0.4) is 0 Å². The summed E-state index contributed by atoms with van der Waals surface area (Å²) in [6, 6.07) is 4.41. The number of carbonyl (C=O) groups is 2. The van der Waals surface area contributed by atoms with Crippen LogP contribution in [0, 0.1) is 24.5 Å². The number of rotatable bonds is 4. The van der Waals surface area contributed by atoms with E-state index in [1.165, 1.54) is 26.1 Å². The number of ether oxygens (including phenoxy) is 1. The number of alkyl halides is 3. The molecule has 6 nitrogen and oxygen atoms in total. The van der Waals surface area contributed by atoms with Crippen molar-refractivity contribution >= 4 is 17.5 Å². The number of hydrogen-bond donors (Lipinski definition) is 2. The molecule has 1 saturated heterocycles. The summed E-state index contributed by atoms with van der Waals surface area (Å²) in [7, 11) is 0. The highest BCUT2D eigenvalue weighted by atomic mass is 19.4. The molecule has 0 radical (unpaired) electrons. The zero-order valence-corrected chi connectivity index (χ0v) is 17.3. The Morgan fingerprint density at radius 3 is 2.47 bits per heavy atom. The average molecular weight is 457 g/mol. The van der Waals surface area contributed by atoms with Crippen LogP contribution in [0.25, 0.3) is 0 Å². The SMILES string of the molecule is Cc1c([C@H]2[C@H](C(=O)Nc3ccnc(C(N)=O)c3)O[C@@](C)(C(F)(F)F)[C@H]2C)ccc(F)c1F. The van der Waals surface area contributed by atoms with Crippen molar-refractivity contribution in [3.05, 3.63) is 58.9 Å². The van der Waals surface area contributed by atoms with Gasteiger partial charge in [0.25, 0.3) is 11.8 Å². The molecule has 0 spiro atoms. The molecule has 11 heteroatoms. The second kappa shape index (κ2) is 8.12. The van der Waals surface area contributed by atoms with E-state index in [0.29, 0.717) is 0 Å². The van der Waals surface area contributed by atoms with Gasteiger partial charge in [-0.2, -0.15) is 13.2 Å². The van der Waals surface area contributed by atoms with Crippen LogP contribution in [0.1, 0.15) is 41.4 Å². The number of benzene rings is 1. The highest BCUT2D eigenvalue weighted by Crippen LogP contribution is 2.54. The van der Waals surface area contributed by atoms with E-state index in [9.17, 15) is 31.5 Å². The molecule has 2 heterocycles. The zero-order chi connectivity index (χ0) is 24.0. The minimum Gasteiger partial charge on any atom is -0.364 e. The fraction of sp³-hybridized carbons (Fsp3) is 0.381. The van der Waals surface area contributed by atoms with E-state index < -0.39 is 53.2 Å². The van der Waals surface area contributed by atoms with Crippen molar-refractivity contribution in [3.8, 4) is 0 Å². The maximum Gasteiger partial charge on any atom is 0.417 e. The summed E-state index contributed by atoms with van der Waals surface area (Å²) in [6.45, 7) is 3.27. The second-order valence-corrected chi connectivity index (χ2v) is 7.82. The summed E-state index contributed by atoms with van der Waals surface area (Å²) < 4.78 is 74.7. The number of amides is 2. The third-order valence-corrected chi connectivity index (χ3v) is 5.95. The molecule has 4 atom stereocenters. The van der Waals surface area contributed by atoms with Crippen LogP contribution in [-0.4, -0.2) is 34.7 Å². The molecule has 0 unspecified atom stereocenters. The highest BCUT2D eigenvalue weighted by molar-refractivity contribution is 5.97. The summed E-state index contributed by atoms with van der Waals surface area (Å²) in [5.41, 5.74) is 2.11. The van der Waals surface area contributed by atoms with E-state index in [4.69, 9.17) is 10.5 Å². The molecule has 2 amide bonds. The van der Waals surface area contributed by atoms with E-state index in [1.54, 1.807) is 0 Å². The highest BCUT2D eigenvalue weighted by Gasteiger charge is 2.65. The van der Waals surface area contributed by atoms with Gasteiger partial charge < -0.3 is 15.8 Å². The van der Waals surface area contributed by atoms with E-state index >= 15 is 0 Å². The van der Waals surface area contributed by atoms with Gasteiger partial charge in [0.1, 0.15) is 11.8 Å². The minimum atomic E-state index is -4.85. The monoisotopic (exact) mass is 457 g/mol. The predicted molar refractivity (Wildman–Crippen MR) is 104 cm³/mol. The molecule has 0 bridgehead atoms. The maximum absolute atomic E-state index is 14.2. The lowest BCUT2D eigenvalue weighted by Gasteiger charge is -2.32. The number of primary amides is 1. The lowest BCUT2D eigenvalue weighted by atomic mass is 9.76. The fourth-order valence-electron chi connectivity index (χ4n) is 3.91. The Labute approximate surface area is 180 Å². The molecule has 1 aliphatic rings. The predicted octanol–water partition coefficient (Wildman–Crippen LogP) is 3.85. The summed E-state index contributed by atoms with van der Waals surface area (Å²) in [5.74, 6) is -6.76. The van der Waals surface area contributed by atoms with E-state index in [-0.39, 0.29) is 22.5 Å². The number of nitrogens with one attached hydrogen (secondary N) is 1. The summed E-state index contributed by atoms with van der Waals surface area (Å²) in [6.07, 6.45) is -5.35. The van der Waals surface area contributed by atoms with Gasteiger partial charge in [0, 0.05) is 23.7 Å². The minimum absolute atomic E-state index is 0.0251. The zero-order valence-electron chi connectivity index (χ0n) is 17.3. The van der Waals surface area contributed by atoms with Gasteiger partial charge in [0.2, 0.25) is 0 Å². The lowest BCUT2D eigenvalue weighted by molar-refractivity contribution is -0.272. The molecule has 1 aliphatic heterocycles. The number of nitrogens with zero attached hydrogens (tertiary/aromatic N) is 1. The van der Waals surface area contributed by atoms with Crippen LogP contribution >= 0.6 is 0 Å². The van der Waals surface area contributed by atoms with Crippen LogP contribution in [0.2, 0.25) is 0 Å². The summed E-state index contributed by atoms with van der Waals surface area (Å²) in [5, 5.41) is 2.39. The van der Waals surface area contributed by atoms with Gasteiger partial charge in [-0.1, -0.05) is 13.0 Å². The van der Waals surface area contributed by atoms with E-state index in [2.05, 4.69) is 10.3 Å². The maximum atomic E-state index is 14.2. The number of carbonyl (C=O) groups excluding carboxylic acids is 2. The van der Waals surface area contributed by atoms with Crippen molar-refractivity contribution < 1.29 is 36.3 Å². The molecule has 2 aromatic rings. The molecule has 0 aliphatic carbocycles. The molecule has 3 N–H and O–H groups in total. The summed E-state index contributed by atoms with van der Waals surface area (Å²) in [4.78, 5) is 28.0. The van der Waals surface area contributed by atoms with Crippen molar-refractivity contribution in [2.24, 2.45) is 11.7 Å². The largest absolute Gasteiger partial charge is 0.417 e. The average Bonchev–Trinajstić information content (AvgIpc) is 2.99. The fourth-order valence-corrected chi connectivity index (χ4v) is 3.91. The molecule has 0 saturated carbocycles. The number of hydrogen-bond acceptors (Lipinski definition) is 4. The molecule has 1 aromatic carbocycles. The lowest BCUT2D eigenvalue weighted by Crippen LogP contribution is -2.47. The van der Waals surface area contributed by atoms with Gasteiger partial charge in [-0.3, -0.25) is 14.6 Å². The van der Waals surface area contributed by atoms with Crippen molar-refractivity contribution in [1.82, 2.24) is 4.98 Å². The van der Waals surface area contributed by atoms with Crippen LogP contribution in [0.5, 0.6) is 0 Å². The third kappa shape index (κ3) is 3.92. The Morgan fingerprint density at radius 1 is 1.22 bits per heavy atom. The number of aromatic nitrogens is 1. The Balaban J connectivity index is 2.05. The molecule has 3 rings (SSSR count). The Bertz CT molecular complexity index is 1080. The number of nitrogens with two attached hydrogens (primary N) is 1. The molecule has 172 valence electrons.